The molecule has 1 aromatic rings. The summed E-state index contributed by atoms with van der Waals surface area (Å²) in [5, 5.41) is 17.9. The fourth-order valence-electron chi connectivity index (χ4n) is 2.44. The van der Waals surface area contributed by atoms with Gasteiger partial charge < -0.3 is 15.9 Å². The smallest absolute Gasteiger partial charge is 0.317 e. The van der Waals surface area contributed by atoms with Crippen molar-refractivity contribution in [1.29, 1.82) is 0 Å². The number of nitrogens with zero attached hydrogens (tertiary/aromatic N) is 1. The molecule has 23 heavy (non-hydrogen) atoms. The van der Waals surface area contributed by atoms with E-state index in [9.17, 15) is 14.4 Å². The van der Waals surface area contributed by atoms with Crippen molar-refractivity contribution in [2.24, 2.45) is 5.73 Å². The van der Waals surface area contributed by atoms with Crippen LogP contribution in [-0.2, 0) is 20.8 Å². The van der Waals surface area contributed by atoms with Gasteiger partial charge in [0.15, 0.2) is 0 Å². The summed E-state index contributed by atoms with van der Waals surface area (Å²) in [7, 11) is 0. The first kappa shape index (κ1) is 18.6. The van der Waals surface area contributed by atoms with Crippen molar-refractivity contribution >= 4 is 17.8 Å². The van der Waals surface area contributed by atoms with Crippen LogP contribution in [0, 0.1) is 0 Å². The Morgan fingerprint density at radius 2 is 1.78 bits per heavy atom. The predicted molar refractivity (Wildman–Crippen MR) is 83.8 cm³/mol. The Bertz CT molecular complexity index is 557. The summed E-state index contributed by atoms with van der Waals surface area (Å²) in [6.07, 6.45) is 2.83. The van der Waals surface area contributed by atoms with Crippen molar-refractivity contribution in [3.05, 3.63) is 35.4 Å². The maximum atomic E-state index is 11.8. The molecule has 0 heterocycles. The minimum Gasteiger partial charge on any atom is -0.480 e. The molecular formula is C16H22N2O5. The van der Waals surface area contributed by atoms with E-state index in [1.54, 1.807) is 18.2 Å². The number of primary amides is 1. The summed E-state index contributed by atoms with van der Waals surface area (Å²) in [5.74, 6) is -3.22. The molecule has 1 atom stereocenters. The second-order valence-electron chi connectivity index (χ2n) is 5.35. The Kier molecular flexibility index (Phi) is 7.21. The number of rotatable bonds is 10. The standard InChI is InChI=1S/C16H22N2O5/c1-2-3-5-11-6-4-7-12(8-11)15(16(17)23)18(9-13(19)20)10-14(21)22/h4,6-8,15H,2-3,5,9-10H2,1H3,(H2,17,23)(H,19,20)(H,21,22). The normalized spacial score (nSPS) is 12.1. The molecule has 1 aromatic carbocycles. The van der Waals surface area contributed by atoms with Gasteiger partial charge in [-0.15, -0.1) is 0 Å². The number of nitrogens with two attached hydrogens (primary N) is 1. The molecule has 0 aliphatic carbocycles. The van der Waals surface area contributed by atoms with Gasteiger partial charge in [0.1, 0.15) is 6.04 Å². The first-order valence-electron chi connectivity index (χ1n) is 7.41. The fourth-order valence-corrected chi connectivity index (χ4v) is 2.44. The summed E-state index contributed by atoms with van der Waals surface area (Å²) >= 11 is 0. The number of aliphatic carboxylic acids is 2. The van der Waals surface area contributed by atoms with Crippen molar-refractivity contribution in [1.82, 2.24) is 4.90 Å². The predicted octanol–water partition coefficient (Wildman–Crippen LogP) is 1.03. The lowest BCUT2D eigenvalue weighted by Gasteiger charge is -2.27. The largest absolute Gasteiger partial charge is 0.480 e. The van der Waals surface area contributed by atoms with Gasteiger partial charge in [-0.3, -0.25) is 19.3 Å². The van der Waals surface area contributed by atoms with Crippen LogP contribution < -0.4 is 5.73 Å². The van der Waals surface area contributed by atoms with E-state index in [2.05, 4.69) is 6.92 Å². The number of carboxylic acid groups (broad SMARTS) is 2. The first-order chi connectivity index (χ1) is 10.8. The van der Waals surface area contributed by atoms with E-state index >= 15 is 0 Å². The van der Waals surface area contributed by atoms with E-state index in [0.717, 1.165) is 29.7 Å². The molecule has 0 saturated heterocycles. The summed E-state index contributed by atoms with van der Waals surface area (Å²) in [6.45, 7) is 0.899. The zero-order valence-corrected chi connectivity index (χ0v) is 13.1. The lowest BCUT2D eigenvalue weighted by molar-refractivity contribution is -0.143. The molecule has 0 fully saturated rings. The van der Waals surface area contributed by atoms with Crippen molar-refractivity contribution in [3.63, 3.8) is 0 Å². The Morgan fingerprint density at radius 3 is 2.26 bits per heavy atom. The van der Waals surface area contributed by atoms with Gasteiger partial charge >= 0.3 is 11.9 Å². The Morgan fingerprint density at radius 1 is 1.17 bits per heavy atom. The molecule has 7 nitrogen and oxygen atoms in total. The highest BCUT2D eigenvalue weighted by Gasteiger charge is 2.29. The molecule has 4 N–H and O–H groups in total. The van der Waals surface area contributed by atoms with Gasteiger partial charge in [0, 0.05) is 0 Å². The highest BCUT2D eigenvalue weighted by atomic mass is 16.4. The molecule has 7 heteroatoms. The molecule has 1 rings (SSSR count). The van der Waals surface area contributed by atoms with Crippen molar-refractivity contribution in [2.45, 2.75) is 32.2 Å². The fraction of sp³-hybridized carbons (Fsp3) is 0.438. The third-order valence-corrected chi connectivity index (χ3v) is 3.40. The topological polar surface area (TPSA) is 121 Å². The highest BCUT2D eigenvalue weighted by molar-refractivity contribution is 5.83. The molecule has 0 aliphatic heterocycles. The molecule has 1 amide bonds. The van der Waals surface area contributed by atoms with Crippen LogP contribution in [0.2, 0.25) is 0 Å². The molecule has 0 bridgehead atoms. The number of carbonyl (C=O) groups is 3. The van der Waals surface area contributed by atoms with Crippen molar-refractivity contribution in [2.75, 3.05) is 13.1 Å². The van der Waals surface area contributed by atoms with E-state index < -0.39 is 37.0 Å². The number of hydrogen-bond acceptors (Lipinski definition) is 4. The SMILES string of the molecule is CCCCc1cccc(C(C(N)=O)N(CC(=O)O)CC(=O)O)c1. The van der Waals surface area contributed by atoms with Gasteiger partial charge in [-0.2, -0.15) is 0 Å². The minimum atomic E-state index is -1.22. The van der Waals surface area contributed by atoms with E-state index in [4.69, 9.17) is 15.9 Å². The van der Waals surface area contributed by atoms with Crippen LogP contribution in [0.4, 0.5) is 0 Å². The summed E-state index contributed by atoms with van der Waals surface area (Å²) in [4.78, 5) is 34.8. The molecule has 0 aliphatic rings. The molecule has 0 saturated carbocycles. The summed E-state index contributed by atoms with van der Waals surface area (Å²) in [6, 6.07) is 6.01. The van der Waals surface area contributed by atoms with Crippen LogP contribution in [0.25, 0.3) is 0 Å². The zero-order chi connectivity index (χ0) is 17.4. The Hall–Kier alpha value is -2.41. The molecule has 126 valence electrons. The van der Waals surface area contributed by atoms with Crippen LogP contribution in [-0.4, -0.2) is 46.0 Å². The van der Waals surface area contributed by atoms with E-state index in [-0.39, 0.29) is 0 Å². The molecular weight excluding hydrogens is 300 g/mol. The van der Waals surface area contributed by atoms with Gasteiger partial charge in [0.05, 0.1) is 13.1 Å². The third-order valence-electron chi connectivity index (χ3n) is 3.40. The molecule has 1 unspecified atom stereocenters. The number of hydrogen-bond donors (Lipinski definition) is 3. The summed E-state index contributed by atoms with van der Waals surface area (Å²) in [5.41, 5.74) is 6.91. The van der Waals surface area contributed by atoms with Crippen molar-refractivity contribution in [3.8, 4) is 0 Å². The van der Waals surface area contributed by atoms with Crippen LogP contribution in [0.3, 0.4) is 0 Å². The number of carboxylic acids is 2. The third kappa shape index (κ3) is 6.07. The average Bonchev–Trinajstić information content (AvgIpc) is 2.44. The van der Waals surface area contributed by atoms with Crippen LogP contribution in [0.5, 0.6) is 0 Å². The van der Waals surface area contributed by atoms with E-state index in [1.165, 1.54) is 0 Å². The molecule has 0 spiro atoms. The quantitative estimate of drug-likeness (QED) is 0.591. The van der Waals surface area contributed by atoms with Crippen LogP contribution in [0.1, 0.15) is 36.9 Å². The van der Waals surface area contributed by atoms with E-state index in [0.29, 0.717) is 5.56 Å². The highest BCUT2D eigenvalue weighted by Crippen LogP contribution is 2.22. The average molecular weight is 322 g/mol. The van der Waals surface area contributed by atoms with Crippen LogP contribution in [0.15, 0.2) is 24.3 Å². The summed E-state index contributed by atoms with van der Waals surface area (Å²) < 4.78 is 0. The lowest BCUT2D eigenvalue weighted by Crippen LogP contribution is -2.43. The first-order valence-corrected chi connectivity index (χ1v) is 7.41. The van der Waals surface area contributed by atoms with Crippen LogP contribution >= 0.6 is 0 Å². The maximum absolute atomic E-state index is 11.8. The second-order valence-corrected chi connectivity index (χ2v) is 5.35. The molecule has 0 radical (unpaired) electrons. The van der Waals surface area contributed by atoms with Gasteiger partial charge in [-0.05, 0) is 24.0 Å². The Balaban J connectivity index is 3.13. The van der Waals surface area contributed by atoms with E-state index in [1.807, 2.05) is 6.07 Å². The maximum Gasteiger partial charge on any atom is 0.317 e. The number of aryl methyl sites for hydroxylation is 1. The Labute approximate surface area is 134 Å². The number of carbonyl (C=O) groups excluding carboxylic acids is 1. The number of benzene rings is 1. The van der Waals surface area contributed by atoms with Gasteiger partial charge in [-0.1, -0.05) is 37.6 Å². The number of unbranched alkanes of at least 4 members (excludes halogenated alkanes) is 1. The van der Waals surface area contributed by atoms with Gasteiger partial charge in [-0.25, -0.2) is 0 Å². The van der Waals surface area contributed by atoms with Crippen molar-refractivity contribution < 1.29 is 24.6 Å². The lowest BCUT2D eigenvalue weighted by atomic mass is 9.99. The minimum absolute atomic E-state index is 0.508. The monoisotopic (exact) mass is 322 g/mol. The molecule has 0 aromatic heterocycles. The van der Waals surface area contributed by atoms with Gasteiger partial charge in [0.2, 0.25) is 5.91 Å². The number of amides is 1. The second kappa shape index (κ2) is 8.89. The zero-order valence-electron chi connectivity index (χ0n) is 13.1. The van der Waals surface area contributed by atoms with Gasteiger partial charge in [0.25, 0.3) is 0 Å².